The van der Waals surface area contributed by atoms with E-state index in [-0.39, 0.29) is 11.1 Å². The summed E-state index contributed by atoms with van der Waals surface area (Å²) in [6, 6.07) is 7.56. The van der Waals surface area contributed by atoms with E-state index >= 15 is 0 Å². The molecule has 2 aromatic carbocycles. The largest absolute Gasteiger partial charge is 0.489 e. The number of rotatable bonds is 14. The zero-order valence-corrected chi connectivity index (χ0v) is 26.2. The molecular weight excluding hydrogens is 532 g/mol. The van der Waals surface area contributed by atoms with Crippen molar-refractivity contribution < 1.29 is 19.1 Å². The highest BCUT2D eigenvalue weighted by Crippen LogP contribution is 2.41. The molecule has 0 saturated carbocycles. The standard InChI is InChI=1S/C34H46N2O4S/c1-6-7-19-35-20-11-9-8-10-12-28-23(2)24(3)31-29(25(28)4)17-18-34(5,40-31)22-39-27-15-13-26(14-16-27)21-30-32(37)36-33(38)41-30/h13-16,21,35H,6-12,17-20,22H2,1-5H3,(H,36,37,38)/b30-21-. The van der Waals surface area contributed by atoms with Crippen molar-refractivity contribution >= 4 is 29.0 Å². The molecule has 1 atom stereocenters. The molecule has 2 aliphatic rings. The molecule has 1 fully saturated rings. The van der Waals surface area contributed by atoms with Crippen LogP contribution < -0.4 is 20.1 Å². The van der Waals surface area contributed by atoms with Gasteiger partial charge in [0, 0.05) is 0 Å². The average molecular weight is 579 g/mol. The fraction of sp³-hybridized carbons (Fsp3) is 0.529. The van der Waals surface area contributed by atoms with Crippen molar-refractivity contribution in [3.8, 4) is 11.5 Å². The first-order valence-electron chi connectivity index (χ1n) is 15.2. The maximum atomic E-state index is 11.8. The number of unbranched alkanes of at least 4 members (excludes halogenated alkanes) is 4. The SMILES string of the molecule is CCCCNCCCCCCc1c(C)c(C)c2c(c1C)CCC(C)(COc1ccc(/C=C3\SC(=O)NC3=O)cc1)O2. The van der Waals surface area contributed by atoms with Gasteiger partial charge < -0.3 is 14.8 Å². The molecule has 7 heteroatoms. The van der Waals surface area contributed by atoms with Crippen molar-refractivity contribution in [3.05, 3.63) is 62.6 Å². The van der Waals surface area contributed by atoms with Crippen LogP contribution in [-0.2, 0) is 17.6 Å². The summed E-state index contributed by atoms with van der Waals surface area (Å²) < 4.78 is 12.9. The number of nitrogens with one attached hydrogen (secondary N) is 2. The lowest BCUT2D eigenvalue weighted by molar-refractivity contribution is -0.115. The number of benzene rings is 2. The van der Waals surface area contributed by atoms with E-state index in [1.165, 1.54) is 66.3 Å². The highest BCUT2D eigenvalue weighted by Gasteiger charge is 2.35. The average Bonchev–Trinajstić information content (AvgIpc) is 3.28. The molecule has 1 unspecified atom stereocenters. The summed E-state index contributed by atoms with van der Waals surface area (Å²) in [5, 5.41) is 5.49. The minimum atomic E-state index is -0.414. The van der Waals surface area contributed by atoms with E-state index in [0.29, 0.717) is 11.5 Å². The minimum Gasteiger partial charge on any atom is -0.489 e. The van der Waals surface area contributed by atoms with E-state index in [1.54, 1.807) is 6.08 Å². The Hall–Kier alpha value is -2.77. The van der Waals surface area contributed by atoms with Gasteiger partial charge in [0.1, 0.15) is 23.7 Å². The third-order valence-corrected chi connectivity index (χ3v) is 9.20. The predicted molar refractivity (Wildman–Crippen MR) is 169 cm³/mol. The Kier molecular flexibility index (Phi) is 11.0. The van der Waals surface area contributed by atoms with E-state index in [9.17, 15) is 9.59 Å². The van der Waals surface area contributed by atoms with E-state index in [4.69, 9.17) is 9.47 Å². The lowest BCUT2D eigenvalue weighted by Crippen LogP contribution is -2.42. The smallest absolute Gasteiger partial charge is 0.290 e. The fourth-order valence-electron chi connectivity index (χ4n) is 5.66. The Morgan fingerprint density at radius 2 is 1.73 bits per heavy atom. The van der Waals surface area contributed by atoms with E-state index in [0.717, 1.165) is 61.2 Å². The van der Waals surface area contributed by atoms with Gasteiger partial charge in [0.15, 0.2) is 0 Å². The number of thioether (sulfide) groups is 1. The summed E-state index contributed by atoms with van der Waals surface area (Å²) in [6.45, 7) is 13.8. The van der Waals surface area contributed by atoms with Crippen LogP contribution >= 0.6 is 11.8 Å². The molecule has 2 heterocycles. The quantitative estimate of drug-likeness (QED) is 0.178. The van der Waals surface area contributed by atoms with Crippen LogP contribution in [-0.4, -0.2) is 36.4 Å². The second-order valence-corrected chi connectivity index (χ2v) is 12.7. The van der Waals surface area contributed by atoms with E-state index < -0.39 is 5.60 Å². The number of carbonyl (C=O) groups excluding carboxylic acids is 2. The van der Waals surface area contributed by atoms with E-state index in [2.05, 4.69) is 45.3 Å². The number of amides is 2. The zero-order valence-electron chi connectivity index (χ0n) is 25.4. The first-order chi connectivity index (χ1) is 19.7. The van der Waals surface area contributed by atoms with Gasteiger partial charge in [-0.25, -0.2) is 0 Å². The Balaban J connectivity index is 1.31. The predicted octanol–water partition coefficient (Wildman–Crippen LogP) is 7.59. The number of imide groups is 1. The monoisotopic (exact) mass is 578 g/mol. The van der Waals surface area contributed by atoms with Crippen molar-refractivity contribution in [1.29, 1.82) is 0 Å². The van der Waals surface area contributed by atoms with Gasteiger partial charge >= 0.3 is 0 Å². The molecule has 6 nitrogen and oxygen atoms in total. The van der Waals surface area contributed by atoms with Gasteiger partial charge in [0.2, 0.25) is 0 Å². The lowest BCUT2D eigenvalue weighted by atomic mass is 9.84. The third kappa shape index (κ3) is 8.16. The Bertz CT molecular complexity index is 1270. The summed E-state index contributed by atoms with van der Waals surface area (Å²) >= 11 is 0.920. The summed E-state index contributed by atoms with van der Waals surface area (Å²) in [5.74, 6) is 1.44. The van der Waals surface area contributed by atoms with Gasteiger partial charge in [-0.15, -0.1) is 0 Å². The van der Waals surface area contributed by atoms with E-state index in [1.807, 2.05) is 24.3 Å². The Labute approximate surface area is 250 Å². The number of fused-ring (bicyclic) bond motifs is 1. The molecule has 41 heavy (non-hydrogen) atoms. The molecule has 2 N–H and O–H groups in total. The molecule has 0 aliphatic carbocycles. The molecule has 222 valence electrons. The number of hydrogen-bond acceptors (Lipinski definition) is 6. The Morgan fingerprint density at radius 3 is 2.44 bits per heavy atom. The van der Waals surface area contributed by atoms with Crippen LogP contribution in [0.2, 0.25) is 0 Å². The first-order valence-corrected chi connectivity index (χ1v) is 16.0. The maximum absolute atomic E-state index is 11.8. The topological polar surface area (TPSA) is 76.7 Å². The lowest BCUT2D eigenvalue weighted by Gasteiger charge is -2.38. The third-order valence-electron chi connectivity index (χ3n) is 8.39. The van der Waals surface area contributed by atoms with Crippen molar-refractivity contribution in [3.63, 3.8) is 0 Å². The van der Waals surface area contributed by atoms with Crippen LogP contribution in [0.3, 0.4) is 0 Å². The van der Waals surface area contributed by atoms with Gasteiger partial charge in [-0.1, -0.05) is 38.3 Å². The summed E-state index contributed by atoms with van der Waals surface area (Å²) in [6.07, 6.45) is 12.3. The molecule has 0 aromatic heterocycles. The second kappa shape index (κ2) is 14.4. The first kappa shape index (κ1) is 31.2. The van der Waals surface area contributed by atoms with Crippen molar-refractivity contribution in [2.24, 2.45) is 0 Å². The summed E-state index contributed by atoms with van der Waals surface area (Å²) in [4.78, 5) is 23.6. The summed E-state index contributed by atoms with van der Waals surface area (Å²) in [7, 11) is 0. The normalized spacial score (nSPS) is 19.3. The van der Waals surface area contributed by atoms with Gasteiger partial charge in [0.05, 0.1) is 4.91 Å². The highest BCUT2D eigenvalue weighted by molar-refractivity contribution is 8.18. The second-order valence-electron chi connectivity index (χ2n) is 11.7. The van der Waals surface area contributed by atoms with Crippen LogP contribution in [0.15, 0.2) is 29.2 Å². The molecule has 2 amide bonds. The van der Waals surface area contributed by atoms with Gasteiger partial charge in [0.25, 0.3) is 11.1 Å². The number of carbonyl (C=O) groups is 2. The van der Waals surface area contributed by atoms with Crippen molar-refractivity contribution in [1.82, 2.24) is 10.6 Å². The van der Waals surface area contributed by atoms with Crippen molar-refractivity contribution in [2.45, 2.75) is 98.0 Å². The van der Waals surface area contributed by atoms with Gasteiger partial charge in [-0.3, -0.25) is 14.9 Å². The molecule has 1 saturated heterocycles. The molecule has 0 spiro atoms. The number of hydrogen-bond donors (Lipinski definition) is 2. The molecule has 2 aromatic rings. The highest BCUT2D eigenvalue weighted by atomic mass is 32.2. The molecular formula is C34H46N2O4S. The van der Waals surface area contributed by atoms with Gasteiger partial charge in [-0.05, 0) is 143 Å². The van der Waals surface area contributed by atoms with Crippen LogP contribution in [0.4, 0.5) is 4.79 Å². The Morgan fingerprint density at radius 1 is 1.00 bits per heavy atom. The van der Waals surface area contributed by atoms with Gasteiger partial charge in [-0.2, -0.15) is 0 Å². The molecule has 2 aliphatic heterocycles. The molecule has 4 rings (SSSR count). The molecule has 0 bridgehead atoms. The minimum absolute atomic E-state index is 0.336. The number of ether oxygens (including phenoxy) is 2. The van der Waals surface area contributed by atoms with Crippen LogP contribution in [0.25, 0.3) is 6.08 Å². The summed E-state index contributed by atoms with van der Waals surface area (Å²) in [5.41, 5.74) is 7.35. The molecule has 0 radical (unpaired) electrons. The fourth-order valence-corrected chi connectivity index (χ4v) is 6.34. The zero-order chi connectivity index (χ0) is 29.4. The maximum Gasteiger partial charge on any atom is 0.290 e. The van der Waals surface area contributed by atoms with Crippen LogP contribution in [0.1, 0.15) is 92.2 Å². The van der Waals surface area contributed by atoms with Crippen molar-refractivity contribution in [2.75, 3.05) is 19.7 Å². The van der Waals surface area contributed by atoms with Crippen LogP contribution in [0.5, 0.6) is 11.5 Å². The van der Waals surface area contributed by atoms with Crippen LogP contribution in [0, 0.1) is 20.8 Å².